The highest BCUT2D eigenvalue weighted by Crippen LogP contribution is 2.30. The topological polar surface area (TPSA) is 40.7 Å². The van der Waals surface area contributed by atoms with E-state index in [1.807, 2.05) is 18.0 Å². The zero-order valence-electron chi connectivity index (χ0n) is 11.1. The minimum atomic E-state index is 0.654. The molecule has 2 atom stereocenters. The van der Waals surface area contributed by atoms with E-state index in [1.54, 1.807) is 11.3 Å². The SMILES string of the molecule is CSC1CCCC1NCc1cn[nH]c1-c1cccs1. The van der Waals surface area contributed by atoms with Crippen molar-refractivity contribution in [2.24, 2.45) is 0 Å². The van der Waals surface area contributed by atoms with Gasteiger partial charge in [0.1, 0.15) is 0 Å². The molecule has 2 N–H and O–H groups in total. The molecule has 19 heavy (non-hydrogen) atoms. The van der Waals surface area contributed by atoms with Gasteiger partial charge in [-0.2, -0.15) is 16.9 Å². The van der Waals surface area contributed by atoms with Crippen LogP contribution in [-0.2, 0) is 6.54 Å². The fraction of sp³-hybridized carbons (Fsp3) is 0.500. The summed E-state index contributed by atoms with van der Waals surface area (Å²) >= 11 is 3.75. The lowest BCUT2D eigenvalue weighted by Crippen LogP contribution is -2.33. The smallest absolute Gasteiger partial charge is 0.0794 e. The van der Waals surface area contributed by atoms with Crippen molar-refractivity contribution in [3.63, 3.8) is 0 Å². The molecule has 2 heterocycles. The van der Waals surface area contributed by atoms with Crippen molar-refractivity contribution >= 4 is 23.1 Å². The molecule has 2 aromatic heterocycles. The maximum absolute atomic E-state index is 4.20. The van der Waals surface area contributed by atoms with Crippen LogP contribution in [0.4, 0.5) is 0 Å². The number of thiophene rings is 1. The zero-order valence-corrected chi connectivity index (χ0v) is 12.7. The average molecular weight is 293 g/mol. The largest absolute Gasteiger partial charge is 0.309 e. The van der Waals surface area contributed by atoms with Gasteiger partial charge in [0.05, 0.1) is 16.8 Å². The monoisotopic (exact) mass is 293 g/mol. The van der Waals surface area contributed by atoms with Gasteiger partial charge in [-0.15, -0.1) is 11.3 Å². The Morgan fingerprint density at radius 1 is 1.53 bits per heavy atom. The molecule has 0 amide bonds. The van der Waals surface area contributed by atoms with E-state index in [0.717, 1.165) is 11.8 Å². The molecule has 0 bridgehead atoms. The van der Waals surface area contributed by atoms with Gasteiger partial charge >= 0.3 is 0 Å². The second-order valence-corrected chi connectivity index (χ2v) is 6.96. The van der Waals surface area contributed by atoms with E-state index >= 15 is 0 Å². The number of thioether (sulfide) groups is 1. The lowest BCUT2D eigenvalue weighted by molar-refractivity contribution is 0.533. The first kappa shape index (κ1) is 13.2. The fourth-order valence-corrected chi connectivity index (χ4v) is 4.48. The Bertz CT molecular complexity index is 507. The van der Waals surface area contributed by atoms with E-state index in [2.05, 4.69) is 39.3 Å². The molecule has 1 aliphatic rings. The highest BCUT2D eigenvalue weighted by atomic mass is 32.2. The van der Waals surface area contributed by atoms with Crippen LogP contribution < -0.4 is 5.32 Å². The van der Waals surface area contributed by atoms with Crippen molar-refractivity contribution < 1.29 is 0 Å². The summed E-state index contributed by atoms with van der Waals surface area (Å²) in [7, 11) is 0. The van der Waals surface area contributed by atoms with E-state index in [1.165, 1.54) is 35.4 Å². The van der Waals surface area contributed by atoms with Crippen LogP contribution >= 0.6 is 23.1 Å². The average Bonchev–Trinajstić information content (AvgIpc) is 3.16. The van der Waals surface area contributed by atoms with E-state index in [-0.39, 0.29) is 0 Å². The summed E-state index contributed by atoms with van der Waals surface area (Å²) in [4.78, 5) is 1.27. The molecule has 0 aromatic carbocycles. The minimum Gasteiger partial charge on any atom is -0.309 e. The third kappa shape index (κ3) is 2.88. The van der Waals surface area contributed by atoms with Gasteiger partial charge in [-0.1, -0.05) is 12.5 Å². The van der Waals surface area contributed by atoms with Gasteiger partial charge in [-0.25, -0.2) is 0 Å². The molecule has 0 saturated heterocycles. The predicted octanol–water partition coefficient (Wildman–Crippen LogP) is 3.51. The summed E-state index contributed by atoms with van der Waals surface area (Å²) in [6.07, 6.45) is 8.18. The highest BCUT2D eigenvalue weighted by Gasteiger charge is 2.26. The molecular weight excluding hydrogens is 274 g/mol. The summed E-state index contributed by atoms with van der Waals surface area (Å²) in [5.74, 6) is 0. The van der Waals surface area contributed by atoms with Crippen molar-refractivity contribution in [2.75, 3.05) is 6.26 Å². The number of nitrogens with zero attached hydrogens (tertiary/aromatic N) is 1. The number of hydrogen-bond acceptors (Lipinski definition) is 4. The molecule has 102 valence electrons. The molecule has 2 unspecified atom stereocenters. The first-order chi connectivity index (χ1) is 9.38. The lowest BCUT2D eigenvalue weighted by atomic mass is 10.2. The molecule has 1 fully saturated rings. The Labute approximate surface area is 122 Å². The van der Waals surface area contributed by atoms with Gasteiger partial charge < -0.3 is 5.32 Å². The second kappa shape index (κ2) is 6.11. The first-order valence-electron chi connectivity index (χ1n) is 6.71. The first-order valence-corrected chi connectivity index (χ1v) is 8.87. The van der Waals surface area contributed by atoms with Crippen LogP contribution in [0.25, 0.3) is 10.6 Å². The third-order valence-electron chi connectivity index (χ3n) is 3.80. The van der Waals surface area contributed by atoms with Crippen LogP contribution in [0.5, 0.6) is 0 Å². The van der Waals surface area contributed by atoms with Gasteiger partial charge in [0, 0.05) is 23.4 Å². The Balaban J connectivity index is 1.66. The maximum Gasteiger partial charge on any atom is 0.0794 e. The standard InChI is InChI=1S/C14H19N3S2/c1-18-12-5-2-4-11(12)15-8-10-9-16-17-14(10)13-6-3-7-19-13/h3,6-7,9,11-12,15H,2,4-5,8H2,1H3,(H,16,17). The summed E-state index contributed by atoms with van der Waals surface area (Å²) in [6, 6.07) is 4.88. The molecule has 3 rings (SSSR count). The summed E-state index contributed by atoms with van der Waals surface area (Å²) < 4.78 is 0. The van der Waals surface area contributed by atoms with Crippen LogP contribution in [0.1, 0.15) is 24.8 Å². The summed E-state index contributed by atoms with van der Waals surface area (Å²) in [5, 5.41) is 13.9. The van der Waals surface area contributed by atoms with Gasteiger partial charge in [-0.05, 0) is 30.5 Å². The molecule has 0 radical (unpaired) electrons. The predicted molar refractivity (Wildman–Crippen MR) is 83.7 cm³/mol. The zero-order chi connectivity index (χ0) is 13.1. The third-order valence-corrected chi connectivity index (χ3v) is 5.85. The van der Waals surface area contributed by atoms with Crippen LogP contribution in [0.3, 0.4) is 0 Å². The second-order valence-electron chi connectivity index (χ2n) is 4.94. The summed E-state index contributed by atoms with van der Waals surface area (Å²) in [6.45, 7) is 0.908. The maximum atomic E-state index is 4.20. The molecule has 0 aliphatic heterocycles. The fourth-order valence-electron chi connectivity index (χ4n) is 2.76. The normalized spacial score (nSPS) is 23.0. The molecule has 0 spiro atoms. The highest BCUT2D eigenvalue weighted by molar-refractivity contribution is 7.99. The Morgan fingerprint density at radius 3 is 3.26 bits per heavy atom. The number of hydrogen-bond donors (Lipinski definition) is 2. The Morgan fingerprint density at radius 2 is 2.47 bits per heavy atom. The van der Waals surface area contributed by atoms with Crippen molar-refractivity contribution in [2.45, 2.75) is 37.1 Å². The molecule has 1 aliphatic carbocycles. The van der Waals surface area contributed by atoms with Crippen LogP contribution in [0.15, 0.2) is 23.7 Å². The number of nitrogens with one attached hydrogen (secondary N) is 2. The molecule has 5 heteroatoms. The number of aromatic amines is 1. The van der Waals surface area contributed by atoms with Gasteiger partial charge in [0.25, 0.3) is 0 Å². The Kier molecular flexibility index (Phi) is 4.25. The van der Waals surface area contributed by atoms with Crippen molar-refractivity contribution in [3.8, 4) is 10.6 Å². The van der Waals surface area contributed by atoms with Gasteiger partial charge in [0.2, 0.25) is 0 Å². The van der Waals surface area contributed by atoms with E-state index in [9.17, 15) is 0 Å². The van der Waals surface area contributed by atoms with Crippen molar-refractivity contribution in [3.05, 3.63) is 29.3 Å². The number of H-pyrrole nitrogens is 1. The molecule has 3 nitrogen and oxygen atoms in total. The van der Waals surface area contributed by atoms with E-state index in [0.29, 0.717) is 6.04 Å². The minimum absolute atomic E-state index is 0.654. The quantitative estimate of drug-likeness (QED) is 0.886. The Hall–Kier alpha value is -0.780. The lowest BCUT2D eigenvalue weighted by Gasteiger charge is -2.19. The number of rotatable bonds is 5. The van der Waals surface area contributed by atoms with Crippen LogP contribution in [-0.4, -0.2) is 27.7 Å². The van der Waals surface area contributed by atoms with E-state index in [4.69, 9.17) is 0 Å². The van der Waals surface area contributed by atoms with Gasteiger partial charge in [-0.3, -0.25) is 5.10 Å². The molecular formula is C14H19N3S2. The van der Waals surface area contributed by atoms with Gasteiger partial charge in [0.15, 0.2) is 0 Å². The summed E-state index contributed by atoms with van der Waals surface area (Å²) in [5.41, 5.74) is 2.44. The van der Waals surface area contributed by atoms with Crippen LogP contribution in [0.2, 0.25) is 0 Å². The van der Waals surface area contributed by atoms with Crippen LogP contribution in [0, 0.1) is 0 Å². The van der Waals surface area contributed by atoms with Crippen molar-refractivity contribution in [1.82, 2.24) is 15.5 Å². The number of aromatic nitrogens is 2. The molecule has 1 saturated carbocycles. The van der Waals surface area contributed by atoms with E-state index < -0.39 is 0 Å². The molecule has 2 aromatic rings. The van der Waals surface area contributed by atoms with Crippen molar-refractivity contribution in [1.29, 1.82) is 0 Å².